The minimum atomic E-state index is -0.0797. The number of anilines is 2. The lowest BCUT2D eigenvalue weighted by molar-refractivity contribution is -0.126. The molecule has 0 bridgehead atoms. The van der Waals surface area contributed by atoms with Crippen LogP contribution in [0.4, 0.5) is 11.4 Å². The Morgan fingerprint density at radius 2 is 1.82 bits per heavy atom. The molecule has 0 saturated heterocycles. The molecule has 2 aliphatic carbocycles. The van der Waals surface area contributed by atoms with Crippen molar-refractivity contribution in [1.82, 2.24) is 28.8 Å². The number of nitrogens with one attached hydrogen (secondary N) is 1. The number of pyridine rings is 1. The zero-order valence-corrected chi connectivity index (χ0v) is 24.9. The maximum atomic E-state index is 13.8. The van der Waals surface area contributed by atoms with Crippen molar-refractivity contribution in [3.05, 3.63) is 47.4 Å². The highest BCUT2D eigenvalue weighted by Gasteiger charge is 2.32. The molecule has 3 aromatic rings. The van der Waals surface area contributed by atoms with Crippen LogP contribution in [0, 0.1) is 0 Å². The van der Waals surface area contributed by atoms with E-state index in [2.05, 4.69) is 28.5 Å². The van der Waals surface area contributed by atoms with Gasteiger partial charge in [-0.1, -0.05) is 47.6 Å². The summed E-state index contributed by atoms with van der Waals surface area (Å²) in [4.78, 5) is 32.5. The fraction of sp³-hybridized carbons (Fsp3) is 0.600. The summed E-state index contributed by atoms with van der Waals surface area (Å²) < 4.78 is 5.78. The molecule has 9 nitrogen and oxygen atoms in total. The molecule has 0 aliphatic heterocycles. The normalized spacial score (nSPS) is 18.4. The third-order valence-corrected chi connectivity index (χ3v) is 7.72. The van der Waals surface area contributed by atoms with Gasteiger partial charge in [-0.25, -0.2) is 4.98 Å². The van der Waals surface area contributed by atoms with E-state index in [1.165, 1.54) is 12.5 Å². The summed E-state index contributed by atoms with van der Waals surface area (Å²) in [6, 6.07) is 0.444. The monoisotopic (exact) mass is 537 g/mol. The number of fused-ring (bicyclic) bond motifs is 1. The van der Waals surface area contributed by atoms with E-state index in [4.69, 9.17) is 4.98 Å². The van der Waals surface area contributed by atoms with Crippen LogP contribution in [-0.2, 0) is 18.3 Å². The van der Waals surface area contributed by atoms with Gasteiger partial charge < -0.3 is 19.4 Å². The van der Waals surface area contributed by atoms with Crippen molar-refractivity contribution in [2.45, 2.75) is 104 Å². The summed E-state index contributed by atoms with van der Waals surface area (Å²) in [5.74, 6) is -0.0797. The number of imidazole rings is 1. The first kappa shape index (κ1) is 30.2. The molecule has 3 aromatic heterocycles. The Balaban J connectivity index is 0.00000100. The summed E-state index contributed by atoms with van der Waals surface area (Å²) in [5, 5.41) is 8.18. The van der Waals surface area contributed by atoms with E-state index in [0.29, 0.717) is 17.1 Å². The molecule has 2 fully saturated rings. The second-order valence-electron chi connectivity index (χ2n) is 10.0. The lowest BCUT2D eigenvalue weighted by Gasteiger charge is -2.27. The average Bonchev–Trinajstić information content (AvgIpc) is 3.66. The van der Waals surface area contributed by atoms with Crippen LogP contribution in [0.2, 0.25) is 0 Å². The molecule has 2 saturated carbocycles. The van der Waals surface area contributed by atoms with Gasteiger partial charge in [-0.05, 0) is 51.0 Å². The quantitative estimate of drug-likeness (QED) is 0.349. The molecule has 5 rings (SSSR count). The van der Waals surface area contributed by atoms with Gasteiger partial charge in [-0.2, -0.15) is 5.10 Å². The summed E-state index contributed by atoms with van der Waals surface area (Å²) in [5.41, 5.74) is 4.14. The molecule has 2 atom stereocenters. The van der Waals surface area contributed by atoms with Crippen molar-refractivity contribution in [3.63, 3.8) is 0 Å². The van der Waals surface area contributed by atoms with Crippen molar-refractivity contribution >= 4 is 28.3 Å². The molecule has 39 heavy (non-hydrogen) atoms. The smallest absolute Gasteiger partial charge is 0.277 e. The third kappa shape index (κ3) is 6.12. The number of rotatable bonds is 8. The second kappa shape index (κ2) is 13.6. The van der Waals surface area contributed by atoms with Crippen molar-refractivity contribution in [2.75, 3.05) is 12.4 Å². The largest absolute Gasteiger partial charge is 0.350 e. The van der Waals surface area contributed by atoms with E-state index in [1.54, 1.807) is 4.90 Å². The number of carbonyl (C=O) groups excluding carboxylic acids is 1. The number of aryl methyl sites for hydroxylation is 2. The summed E-state index contributed by atoms with van der Waals surface area (Å²) >= 11 is 0. The molecule has 9 heteroatoms. The first-order chi connectivity index (χ1) is 18.9. The topological polar surface area (TPSA) is 90.0 Å². The van der Waals surface area contributed by atoms with E-state index in [1.807, 2.05) is 69.8 Å². The lowest BCUT2D eigenvalue weighted by atomic mass is 9.93. The van der Waals surface area contributed by atoms with Crippen LogP contribution in [0.3, 0.4) is 0 Å². The third-order valence-electron chi connectivity index (χ3n) is 7.72. The second-order valence-corrected chi connectivity index (χ2v) is 10.0. The zero-order chi connectivity index (χ0) is 28.7. The highest BCUT2D eigenvalue weighted by Crippen LogP contribution is 2.37. The SMILES string of the molecule is C=CC(=O)N(C)C1CCC(n2cc(Nc3cn(C)nc3CCC)c3ncn(C4CCC4)c3c2=O)C1.CC.CC. The van der Waals surface area contributed by atoms with Crippen molar-refractivity contribution < 1.29 is 4.79 Å². The van der Waals surface area contributed by atoms with Crippen molar-refractivity contribution in [3.8, 4) is 0 Å². The molecule has 0 spiro atoms. The van der Waals surface area contributed by atoms with Crippen molar-refractivity contribution in [2.24, 2.45) is 7.05 Å². The minimum absolute atomic E-state index is 0.00160. The average molecular weight is 538 g/mol. The van der Waals surface area contributed by atoms with E-state index in [-0.39, 0.29) is 23.6 Å². The Morgan fingerprint density at radius 1 is 1.10 bits per heavy atom. The van der Waals surface area contributed by atoms with Gasteiger partial charge in [0.05, 0.1) is 23.4 Å². The van der Waals surface area contributed by atoms with Gasteiger partial charge in [0.25, 0.3) is 5.56 Å². The number of hydrogen-bond acceptors (Lipinski definition) is 5. The van der Waals surface area contributed by atoms with Gasteiger partial charge >= 0.3 is 0 Å². The van der Waals surface area contributed by atoms with Crippen LogP contribution in [0.1, 0.15) is 97.3 Å². The molecular weight excluding hydrogens is 490 g/mol. The molecule has 0 aromatic carbocycles. The Morgan fingerprint density at radius 3 is 2.44 bits per heavy atom. The van der Waals surface area contributed by atoms with Gasteiger partial charge in [-0.3, -0.25) is 14.3 Å². The van der Waals surface area contributed by atoms with Gasteiger partial charge in [0, 0.05) is 44.6 Å². The van der Waals surface area contributed by atoms with Gasteiger partial charge in [-0.15, -0.1) is 0 Å². The highest BCUT2D eigenvalue weighted by atomic mass is 16.2. The Hall–Kier alpha value is -3.36. The Kier molecular flexibility index (Phi) is 10.5. The minimum Gasteiger partial charge on any atom is -0.350 e. The molecule has 3 heterocycles. The fourth-order valence-corrected chi connectivity index (χ4v) is 5.52. The number of likely N-dealkylation sites (N-methyl/N-ethyl adjacent to an activating group) is 1. The standard InChI is InChI=1S/C26H35N7O2.2C2H6/c1-5-8-20-21(14-30(3)29-20)28-22-15-32(19-12-11-18(13-19)31(4)23(34)6-2)26(35)25-24(22)27-16-33(25)17-9-7-10-17;2*1-2/h6,14-19,28H,2,5,7-13H2,1,3-4H3;2*1-2H3. The Labute approximate surface area is 232 Å². The molecular formula is C30H47N7O2. The van der Waals surface area contributed by atoms with Gasteiger partial charge in [0.2, 0.25) is 5.91 Å². The van der Waals surface area contributed by atoms with E-state index < -0.39 is 0 Å². The predicted octanol–water partition coefficient (Wildman–Crippen LogP) is 6.14. The summed E-state index contributed by atoms with van der Waals surface area (Å²) in [6.07, 6.45) is 14.7. The molecule has 0 radical (unpaired) electrons. The lowest BCUT2D eigenvalue weighted by Crippen LogP contribution is -2.34. The van der Waals surface area contributed by atoms with Gasteiger partial charge in [0.1, 0.15) is 11.0 Å². The number of amides is 1. The first-order valence-electron chi connectivity index (χ1n) is 14.7. The molecule has 1 amide bonds. The Bertz CT molecular complexity index is 1310. The van der Waals surface area contributed by atoms with E-state index in [9.17, 15) is 9.59 Å². The molecule has 2 unspecified atom stereocenters. The van der Waals surface area contributed by atoms with Crippen LogP contribution >= 0.6 is 0 Å². The number of aromatic nitrogens is 5. The molecule has 214 valence electrons. The van der Waals surface area contributed by atoms with Crippen LogP contribution < -0.4 is 10.9 Å². The zero-order valence-electron chi connectivity index (χ0n) is 24.9. The van der Waals surface area contributed by atoms with Crippen LogP contribution in [0.15, 0.2) is 36.2 Å². The molecule has 1 N–H and O–H groups in total. The van der Waals surface area contributed by atoms with Crippen LogP contribution in [-0.4, -0.2) is 47.8 Å². The number of carbonyl (C=O) groups is 1. The van der Waals surface area contributed by atoms with E-state index in [0.717, 1.165) is 62.0 Å². The number of hydrogen-bond donors (Lipinski definition) is 1. The summed E-state index contributed by atoms with van der Waals surface area (Å²) in [6.45, 7) is 13.8. The predicted molar refractivity (Wildman–Crippen MR) is 160 cm³/mol. The van der Waals surface area contributed by atoms with E-state index >= 15 is 0 Å². The highest BCUT2D eigenvalue weighted by molar-refractivity contribution is 5.90. The first-order valence-corrected chi connectivity index (χ1v) is 14.7. The van der Waals surface area contributed by atoms with Gasteiger partial charge in [0.15, 0.2) is 0 Å². The summed E-state index contributed by atoms with van der Waals surface area (Å²) in [7, 11) is 3.74. The molecule has 2 aliphatic rings. The maximum Gasteiger partial charge on any atom is 0.277 e. The van der Waals surface area contributed by atoms with Crippen LogP contribution in [0.25, 0.3) is 11.0 Å². The van der Waals surface area contributed by atoms with Crippen molar-refractivity contribution in [1.29, 1.82) is 0 Å². The van der Waals surface area contributed by atoms with Crippen LogP contribution in [0.5, 0.6) is 0 Å². The maximum absolute atomic E-state index is 13.8. The number of nitrogens with zero attached hydrogens (tertiary/aromatic N) is 6. The fourth-order valence-electron chi connectivity index (χ4n) is 5.52.